The molecule has 0 radical (unpaired) electrons. The first-order valence-corrected chi connectivity index (χ1v) is 11.8. The molecule has 3 rings (SSSR count). The zero-order valence-corrected chi connectivity index (χ0v) is 19.5. The van der Waals surface area contributed by atoms with E-state index in [1.165, 1.54) is 48.2 Å². The van der Waals surface area contributed by atoms with E-state index in [0.29, 0.717) is 22.3 Å². The van der Waals surface area contributed by atoms with Crippen LogP contribution in [0.1, 0.15) is 27.0 Å². The highest BCUT2D eigenvalue weighted by atomic mass is 31.2. The van der Waals surface area contributed by atoms with Crippen LogP contribution in [0.25, 0.3) is 11.3 Å². The molecule has 0 spiro atoms. The Morgan fingerprint density at radius 1 is 1.09 bits per heavy atom. The van der Waals surface area contributed by atoms with Crippen LogP contribution >= 0.6 is 7.82 Å². The molecule has 1 aromatic heterocycles. The monoisotopic (exact) mass is 509 g/mol. The molecule has 2 aromatic carbocycles. The number of hydrogen-bond donors (Lipinski definition) is 4. The number of aliphatic hydroxyl groups excluding tert-OH is 1. The number of rotatable bonds is 10. The lowest BCUT2D eigenvalue weighted by Crippen LogP contribution is -2.38. The molecule has 0 fully saturated rings. The van der Waals surface area contributed by atoms with Crippen molar-refractivity contribution in [3.05, 3.63) is 88.6 Å². The molecule has 0 aliphatic rings. The highest BCUT2D eigenvalue weighted by Crippen LogP contribution is 2.35. The number of ether oxygens (including phenoxy) is 1. The summed E-state index contributed by atoms with van der Waals surface area (Å²) in [4.78, 5) is 30.8. The minimum Gasteiger partial charge on any atom is -0.391 e. The number of methoxy groups -OCH3 is 1. The normalized spacial score (nSPS) is 11.5. The van der Waals surface area contributed by atoms with Crippen LogP contribution in [0.4, 0.5) is 8.78 Å². The highest BCUT2D eigenvalue weighted by molar-refractivity contribution is 7.46. The second-order valence-electron chi connectivity index (χ2n) is 7.49. The third kappa shape index (κ3) is 6.98. The minimum atomic E-state index is -4.79. The maximum atomic E-state index is 14.5. The zero-order chi connectivity index (χ0) is 25.6. The number of nitrogens with one attached hydrogen (secondary N) is 1. The van der Waals surface area contributed by atoms with Crippen LogP contribution in [-0.2, 0) is 40.3 Å². The van der Waals surface area contributed by atoms with Crippen molar-refractivity contribution in [2.75, 3.05) is 7.11 Å². The fraction of sp³-hybridized carbons (Fsp3) is 0.217. The average Bonchev–Trinajstić information content (AvgIpc) is 2.82. The molecule has 0 bridgehead atoms. The van der Waals surface area contributed by atoms with E-state index in [2.05, 4.69) is 9.84 Å². The summed E-state index contributed by atoms with van der Waals surface area (Å²) in [6.45, 7) is -0.951. The second kappa shape index (κ2) is 11.6. The number of phosphoric ester groups is 1. The average molecular weight is 509 g/mol. The summed E-state index contributed by atoms with van der Waals surface area (Å²) in [5, 5.41) is 12.3. The summed E-state index contributed by atoms with van der Waals surface area (Å²) in [7, 11) is -3.34. The molecule has 12 heteroatoms. The van der Waals surface area contributed by atoms with Gasteiger partial charge in [-0.2, -0.15) is 4.57 Å². The van der Waals surface area contributed by atoms with Crippen molar-refractivity contribution < 1.29 is 46.9 Å². The van der Waals surface area contributed by atoms with Crippen LogP contribution in [0.2, 0.25) is 0 Å². The molecular weight excluding hydrogens is 485 g/mol. The van der Waals surface area contributed by atoms with E-state index in [1.807, 2.05) is 0 Å². The van der Waals surface area contributed by atoms with E-state index >= 15 is 0 Å². The zero-order valence-electron chi connectivity index (χ0n) is 18.6. The summed E-state index contributed by atoms with van der Waals surface area (Å²) < 4.78 is 50.5. The first kappa shape index (κ1) is 26.6. The third-order valence-electron chi connectivity index (χ3n) is 5.04. The molecule has 0 saturated carbocycles. The summed E-state index contributed by atoms with van der Waals surface area (Å²) in [5.41, 5.74) is 1.43. The van der Waals surface area contributed by atoms with Crippen LogP contribution < -0.4 is 9.88 Å². The maximum absolute atomic E-state index is 14.5. The number of aromatic nitrogens is 1. The molecular formula is C23H24F2N2O7P+. The van der Waals surface area contributed by atoms with Gasteiger partial charge in [-0.25, -0.2) is 17.9 Å². The van der Waals surface area contributed by atoms with Crippen molar-refractivity contribution >= 4 is 13.7 Å². The standard InChI is InChI=1S/C23H23F2N2O7P/c1-33-13-18-5-4-15(9-21(18)25)11-26-23(29)19-10-16(6-7-20(19)24)22-17(12-28)3-2-8-27(22)14-34-35(30,31)32/h2-10,28H,11-14H2,1H3,(H2-,26,29,30,31,32)/p+1. The van der Waals surface area contributed by atoms with Gasteiger partial charge in [-0.05, 0) is 35.9 Å². The van der Waals surface area contributed by atoms with Gasteiger partial charge in [0.15, 0.2) is 6.20 Å². The van der Waals surface area contributed by atoms with Crippen molar-refractivity contribution in [2.24, 2.45) is 0 Å². The van der Waals surface area contributed by atoms with Crippen molar-refractivity contribution in [3.63, 3.8) is 0 Å². The molecule has 3 aromatic rings. The molecule has 0 aliphatic carbocycles. The Bertz CT molecular complexity index is 1270. The number of amides is 1. The number of carbonyl (C=O) groups is 1. The van der Waals surface area contributed by atoms with E-state index in [9.17, 15) is 23.2 Å². The molecule has 1 amide bonds. The lowest BCUT2D eigenvalue weighted by atomic mass is 10.0. The fourth-order valence-corrected chi connectivity index (χ4v) is 3.70. The molecule has 0 aliphatic heterocycles. The van der Waals surface area contributed by atoms with Crippen molar-refractivity contribution in [1.29, 1.82) is 0 Å². The van der Waals surface area contributed by atoms with Gasteiger partial charge in [-0.3, -0.25) is 4.79 Å². The maximum Gasteiger partial charge on any atom is 0.474 e. The fourth-order valence-electron chi connectivity index (χ4n) is 3.42. The Labute approximate surface area is 199 Å². The Balaban J connectivity index is 1.87. The molecule has 0 atom stereocenters. The van der Waals surface area contributed by atoms with Crippen molar-refractivity contribution in [2.45, 2.75) is 26.5 Å². The lowest BCUT2D eigenvalue weighted by molar-refractivity contribution is -0.715. The minimum absolute atomic E-state index is 0.0595. The quantitative estimate of drug-likeness (QED) is 0.244. The predicted octanol–water partition coefficient (Wildman–Crippen LogP) is 2.55. The van der Waals surface area contributed by atoms with Crippen LogP contribution in [0.5, 0.6) is 0 Å². The number of halogens is 2. The molecule has 186 valence electrons. The van der Waals surface area contributed by atoms with Gasteiger partial charge >= 0.3 is 7.82 Å². The Hall–Kier alpha value is -3.05. The molecule has 1 heterocycles. The van der Waals surface area contributed by atoms with Gasteiger partial charge in [0.1, 0.15) is 11.6 Å². The Morgan fingerprint density at radius 2 is 1.86 bits per heavy atom. The molecule has 9 nitrogen and oxygen atoms in total. The first-order chi connectivity index (χ1) is 16.6. The van der Waals surface area contributed by atoms with Gasteiger partial charge in [0, 0.05) is 36.4 Å². The number of benzene rings is 2. The number of nitrogens with zero attached hydrogens (tertiary/aromatic N) is 1. The van der Waals surface area contributed by atoms with E-state index in [1.54, 1.807) is 12.1 Å². The molecule has 0 unspecified atom stereocenters. The largest absolute Gasteiger partial charge is 0.474 e. The number of pyridine rings is 1. The van der Waals surface area contributed by atoms with Crippen LogP contribution in [0, 0.1) is 11.6 Å². The number of hydrogen-bond acceptors (Lipinski definition) is 5. The lowest BCUT2D eigenvalue weighted by Gasteiger charge is -2.11. The molecule has 4 N–H and O–H groups in total. The van der Waals surface area contributed by atoms with E-state index in [0.717, 1.165) is 6.07 Å². The molecule has 0 saturated heterocycles. The summed E-state index contributed by atoms with van der Waals surface area (Å²) in [6.07, 6.45) is 1.45. The van der Waals surface area contributed by atoms with Gasteiger partial charge in [0.2, 0.25) is 5.69 Å². The highest BCUT2D eigenvalue weighted by Gasteiger charge is 2.24. The number of phosphoric acid groups is 1. The van der Waals surface area contributed by atoms with E-state index in [4.69, 9.17) is 14.5 Å². The van der Waals surface area contributed by atoms with Crippen LogP contribution in [-0.4, -0.2) is 27.9 Å². The third-order valence-corrected chi connectivity index (χ3v) is 5.50. The number of aliphatic hydroxyl groups is 1. The SMILES string of the molecule is COCc1ccc(CNC(=O)c2cc(-c3c(CO)ccc[n+]3COP(=O)(O)O)ccc2F)cc1F. The summed E-state index contributed by atoms with van der Waals surface area (Å²) in [6, 6.07) is 11.2. The molecule has 35 heavy (non-hydrogen) atoms. The first-order valence-electron chi connectivity index (χ1n) is 10.3. The van der Waals surface area contributed by atoms with Gasteiger partial charge in [-0.15, -0.1) is 0 Å². The number of carbonyl (C=O) groups excluding carboxylic acids is 1. The topological polar surface area (TPSA) is 129 Å². The van der Waals surface area contributed by atoms with Gasteiger partial charge in [0.05, 0.1) is 18.8 Å². The Kier molecular flexibility index (Phi) is 8.79. The second-order valence-corrected chi connectivity index (χ2v) is 8.73. The van der Waals surface area contributed by atoms with E-state index in [-0.39, 0.29) is 24.4 Å². The van der Waals surface area contributed by atoms with Crippen molar-refractivity contribution in [3.8, 4) is 11.3 Å². The summed E-state index contributed by atoms with van der Waals surface area (Å²) in [5.74, 6) is -2.06. The smallest absolute Gasteiger partial charge is 0.391 e. The van der Waals surface area contributed by atoms with Gasteiger partial charge < -0.3 is 24.9 Å². The van der Waals surface area contributed by atoms with Crippen LogP contribution in [0.3, 0.4) is 0 Å². The van der Waals surface area contributed by atoms with Crippen molar-refractivity contribution in [1.82, 2.24) is 5.32 Å². The summed E-state index contributed by atoms with van der Waals surface area (Å²) >= 11 is 0. The van der Waals surface area contributed by atoms with Crippen LogP contribution in [0.15, 0.2) is 54.7 Å². The Morgan fingerprint density at radius 3 is 2.51 bits per heavy atom. The predicted molar refractivity (Wildman–Crippen MR) is 119 cm³/mol. The van der Waals surface area contributed by atoms with Gasteiger partial charge in [0.25, 0.3) is 12.6 Å². The van der Waals surface area contributed by atoms with Gasteiger partial charge in [-0.1, -0.05) is 12.1 Å². The van der Waals surface area contributed by atoms with E-state index < -0.39 is 38.7 Å².